The molecule has 3 rings (SSSR count). The molecule has 2 N–H and O–H groups in total. The fourth-order valence-electron chi connectivity index (χ4n) is 2.65. The first-order chi connectivity index (χ1) is 14.3. The van der Waals surface area contributed by atoms with Crippen molar-refractivity contribution in [3.8, 4) is 0 Å². The predicted octanol–water partition coefficient (Wildman–Crippen LogP) is 3.34. The van der Waals surface area contributed by atoms with Crippen LogP contribution >= 0.6 is 23.2 Å². The molecule has 0 spiro atoms. The lowest BCUT2D eigenvalue weighted by atomic mass is 10.1. The molecule has 0 saturated carbocycles. The summed E-state index contributed by atoms with van der Waals surface area (Å²) in [7, 11) is 0. The Bertz CT molecular complexity index is 1010. The van der Waals surface area contributed by atoms with Crippen LogP contribution in [0.15, 0.2) is 42.5 Å². The lowest BCUT2D eigenvalue weighted by Crippen LogP contribution is -2.50. The molecule has 10 heteroatoms. The third-order valence-electron chi connectivity index (χ3n) is 4.28. The standard InChI is InChI=1S/C20H17Cl2N3O5/c1-11(19(28)23-15-4-2-3-14(21)18(15)22)30-20(29)12-5-7-13(8-6-12)25-17(27)10-9-16(26)24-25/h2-8,11H,9-10H2,1H3,(H,23,28)(H,24,26). The quantitative estimate of drug-likeness (QED) is 0.680. The van der Waals surface area contributed by atoms with E-state index in [2.05, 4.69) is 10.7 Å². The summed E-state index contributed by atoms with van der Waals surface area (Å²) in [6.45, 7) is 1.42. The number of nitrogens with one attached hydrogen (secondary N) is 2. The molecule has 30 heavy (non-hydrogen) atoms. The first-order valence-corrected chi connectivity index (χ1v) is 9.70. The average Bonchev–Trinajstić information content (AvgIpc) is 2.73. The van der Waals surface area contributed by atoms with Crippen molar-refractivity contribution in [2.24, 2.45) is 0 Å². The highest BCUT2D eigenvalue weighted by Gasteiger charge is 2.25. The highest BCUT2D eigenvalue weighted by atomic mass is 35.5. The maximum absolute atomic E-state index is 12.3. The largest absolute Gasteiger partial charge is 0.449 e. The summed E-state index contributed by atoms with van der Waals surface area (Å²) in [5, 5.41) is 4.14. The Morgan fingerprint density at radius 1 is 1.10 bits per heavy atom. The maximum Gasteiger partial charge on any atom is 0.338 e. The van der Waals surface area contributed by atoms with E-state index >= 15 is 0 Å². The van der Waals surface area contributed by atoms with Gasteiger partial charge in [-0.2, -0.15) is 0 Å². The van der Waals surface area contributed by atoms with E-state index in [0.717, 1.165) is 5.01 Å². The van der Waals surface area contributed by atoms with Crippen LogP contribution in [0.4, 0.5) is 11.4 Å². The number of benzene rings is 2. The Kier molecular flexibility index (Phi) is 6.59. The average molecular weight is 450 g/mol. The molecule has 2 aromatic carbocycles. The fraction of sp³-hybridized carbons (Fsp3) is 0.200. The number of esters is 1. The van der Waals surface area contributed by atoms with E-state index in [9.17, 15) is 19.2 Å². The van der Waals surface area contributed by atoms with Crippen LogP contribution in [-0.2, 0) is 19.1 Å². The lowest BCUT2D eigenvalue weighted by molar-refractivity contribution is -0.130. The van der Waals surface area contributed by atoms with E-state index in [-0.39, 0.29) is 40.3 Å². The van der Waals surface area contributed by atoms with Gasteiger partial charge in [-0.15, -0.1) is 0 Å². The van der Waals surface area contributed by atoms with Gasteiger partial charge in [0.25, 0.3) is 5.91 Å². The number of rotatable bonds is 5. The van der Waals surface area contributed by atoms with Crippen molar-refractivity contribution in [3.63, 3.8) is 0 Å². The maximum atomic E-state index is 12.3. The highest BCUT2D eigenvalue weighted by molar-refractivity contribution is 6.44. The summed E-state index contributed by atoms with van der Waals surface area (Å²) in [5.74, 6) is -1.83. The van der Waals surface area contributed by atoms with E-state index < -0.39 is 18.0 Å². The van der Waals surface area contributed by atoms with E-state index in [0.29, 0.717) is 11.4 Å². The molecule has 1 atom stereocenters. The molecule has 1 aliphatic heterocycles. The summed E-state index contributed by atoms with van der Waals surface area (Å²) in [6.07, 6.45) is -0.853. The van der Waals surface area contributed by atoms with Crippen LogP contribution in [0.1, 0.15) is 30.1 Å². The van der Waals surface area contributed by atoms with Gasteiger partial charge in [-0.05, 0) is 43.3 Å². The van der Waals surface area contributed by atoms with Crippen LogP contribution < -0.4 is 15.8 Å². The number of carbonyl (C=O) groups is 4. The van der Waals surface area contributed by atoms with Gasteiger partial charge in [-0.3, -0.25) is 19.8 Å². The van der Waals surface area contributed by atoms with Gasteiger partial charge in [0.1, 0.15) is 0 Å². The Morgan fingerprint density at radius 3 is 2.50 bits per heavy atom. The van der Waals surface area contributed by atoms with E-state index in [1.165, 1.54) is 31.2 Å². The van der Waals surface area contributed by atoms with Crippen LogP contribution in [0.2, 0.25) is 10.0 Å². The zero-order chi connectivity index (χ0) is 21.8. The second kappa shape index (κ2) is 9.15. The van der Waals surface area contributed by atoms with Crippen LogP contribution in [0.3, 0.4) is 0 Å². The second-order valence-corrected chi connectivity index (χ2v) is 7.23. The third kappa shape index (κ3) is 4.90. The monoisotopic (exact) mass is 449 g/mol. The van der Waals surface area contributed by atoms with Gasteiger partial charge >= 0.3 is 5.97 Å². The molecule has 0 bridgehead atoms. The van der Waals surface area contributed by atoms with Crippen LogP contribution in [0.5, 0.6) is 0 Å². The van der Waals surface area contributed by atoms with Gasteiger partial charge in [0.05, 0.1) is 27.0 Å². The zero-order valence-electron chi connectivity index (χ0n) is 15.8. The fourth-order valence-corrected chi connectivity index (χ4v) is 2.99. The molecule has 1 aliphatic rings. The molecule has 1 heterocycles. The molecule has 3 amide bonds. The summed E-state index contributed by atoms with van der Waals surface area (Å²) >= 11 is 11.9. The predicted molar refractivity (Wildman–Crippen MR) is 111 cm³/mol. The Balaban J connectivity index is 1.62. The van der Waals surface area contributed by atoms with Crippen LogP contribution in [0, 0.1) is 0 Å². The number of hydrazine groups is 1. The molecule has 156 valence electrons. The number of amides is 3. The minimum Gasteiger partial charge on any atom is -0.449 e. The van der Waals surface area contributed by atoms with Crippen molar-refractivity contribution in [2.45, 2.75) is 25.9 Å². The minimum absolute atomic E-state index is 0.110. The topological polar surface area (TPSA) is 105 Å². The van der Waals surface area contributed by atoms with Crippen molar-refractivity contribution >= 4 is 58.3 Å². The molecular formula is C20H17Cl2N3O5. The second-order valence-electron chi connectivity index (χ2n) is 6.45. The van der Waals surface area contributed by atoms with E-state index in [1.807, 2.05) is 0 Å². The number of hydrogen-bond donors (Lipinski definition) is 2. The van der Waals surface area contributed by atoms with Crippen molar-refractivity contribution in [1.82, 2.24) is 5.43 Å². The first-order valence-electron chi connectivity index (χ1n) is 8.94. The molecule has 0 aromatic heterocycles. The Morgan fingerprint density at radius 2 is 1.80 bits per heavy atom. The molecule has 0 radical (unpaired) electrons. The Labute approximate surface area is 182 Å². The van der Waals surface area contributed by atoms with Gasteiger partial charge < -0.3 is 10.1 Å². The zero-order valence-corrected chi connectivity index (χ0v) is 17.3. The summed E-state index contributed by atoms with van der Waals surface area (Å²) in [5.41, 5.74) is 3.35. The van der Waals surface area contributed by atoms with Crippen molar-refractivity contribution < 1.29 is 23.9 Å². The normalized spacial score (nSPS) is 14.7. The van der Waals surface area contributed by atoms with Crippen molar-refractivity contribution in [3.05, 3.63) is 58.1 Å². The van der Waals surface area contributed by atoms with Crippen molar-refractivity contribution in [2.75, 3.05) is 10.3 Å². The number of carbonyl (C=O) groups excluding carboxylic acids is 4. The number of nitrogens with zero attached hydrogens (tertiary/aromatic N) is 1. The third-order valence-corrected chi connectivity index (χ3v) is 5.09. The van der Waals surface area contributed by atoms with Crippen molar-refractivity contribution in [1.29, 1.82) is 0 Å². The smallest absolute Gasteiger partial charge is 0.338 e. The lowest BCUT2D eigenvalue weighted by Gasteiger charge is -2.27. The first kappa shape index (κ1) is 21.6. The highest BCUT2D eigenvalue weighted by Crippen LogP contribution is 2.29. The number of ether oxygens (including phenoxy) is 1. The van der Waals surface area contributed by atoms with E-state index in [1.54, 1.807) is 18.2 Å². The van der Waals surface area contributed by atoms with Gasteiger partial charge in [0.2, 0.25) is 11.8 Å². The van der Waals surface area contributed by atoms with Gasteiger partial charge in [-0.25, -0.2) is 9.80 Å². The summed E-state index contributed by atoms with van der Waals surface area (Å²) in [4.78, 5) is 48.1. The van der Waals surface area contributed by atoms with Crippen LogP contribution in [-0.4, -0.2) is 29.8 Å². The van der Waals surface area contributed by atoms with Gasteiger partial charge in [0, 0.05) is 12.8 Å². The van der Waals surface area contributed by atoms with Crippen LogP contribution in [0.25, 0.3) is 0 Å². The van der Waals surface area contributed by atoms with Gasteiger partial charge in [0.15, 0.2) is 6.10 Å². The minimum atomic E-state index is -1.10. The number of halogens is 2. The molecular weight excluding hydrogens is 433 g/mol. The molecule has 8 nitrogen and oxygen atoms in total. The molecule has 2 aromatic rings. The van der Waals surface area contributed by atoms with Gasteiger partial charge in [-0.1, -0.05) is 29.3 Å². The molecule has 1 unspecified atom stereocenters. The molecule has 1 saturated heterocycles. The SMILES string of the molecule is CC(OC(=O)c1ccc(N2NC(=O)CCC2=O)cc1)C(=O)Nc1cccc(Cl)c1Cl. The summed E-state index contributed by atoms with van der Waals surface area (Å²) < 4.78 is 5.19. The van der Waals surface area contributed by atoms with E-state index in [4.69, 9.17) is 27.9 Å². The Hall–Kier alpha value is -3.10. The summed E-state index contributed by atoms with van der Waals surface area (Å²) in [6, 6.07) is 10.6. The number of hydrogen-bond acceptors (Lipinski definition) is 5. The number of anilines is 2. The molecule has 0 aliphatic carbocycles. The molecule has 1 fully saturated rings.